The zero-order chi connectivity index (χ0) is 23.5. The number of rotatable bonds is 5. The van der Waals surface area contributed by atoms with Crippen LogP contribution < -0.4 is 15.4 Å². The Morgan fingerprint density at radius 2 is 1.88 bits per heavy atom. The van der Waals surface area contributed by atoms with E-state index in [1.54, 1.807) is 35.2 Å². The molecule has 0 spiro atoms. The van der Waals surface area contributed by atoms with Crippen molar-refractivity contribution in [2.45, 2.75) is 57.2 Å². The van der Waals surface area contributed by atoms with Crippen LogP contribution in [0.5, 0.6) is 5.75 Å². The van der Waals surface area contributed by atoms with Gasteiger partial charge >= 0.3 is 0 Å². The summed E-state index contributed by atoms with van der Waals surface area (Å²) in [7, 11) is 1.50. The fraction of sp³-hybridized carbons (Fsp3) is 0.400. The van der Waals surface area contributed by atoms with E-state index in [-0.39, 0.29) is 30.3 Å². The van der Waals surface area contributed by atoms with E-state index < -0.39 is 11.9 Å². The summed E-state index contributed by atoms with van der Waals surface area (Å²) in [5.74, 6) is -0.459. The molecular weight excluding hydrogens is 442 g/mol. The molecule has 1 aliphatic carbocycles. The predicted molar refractivity (Wildman–Crippen MR) is 127 cm³/mol. The van der Waals surface area contributed by atoms with Gasteiger partial charge in [-0.3, -0.25) is 14.4 Å². The number of anilines is 1. The second kappa shape index (κ2) is 9.83. The minimum absolute atomic E-state index is 0.0898. The van der Waals surface area contributed by atoms with Gasteiger partial charge in [-0.05, 0) is 50.1 Å². The largest absolute Gasteiger partial charge is 0.495 e. The summed E-state index contributed by atoms with van der Waals surface area (Å²) in [5.41, 5.74) is 1.98. The number of hydrogen-bond acceptors (Lipinski definition) is 4. The molecule has 1 aliphatic heterocycles. The van der Waals surface area contributed by atoms with Crippen molar-refractivity contribution in [1.82, 2.24) is 10.2 Å². The third kappa shape index (κ3) is 4.98. The molecule has 3 atom stereocenters. The van der Waals surface area contributed by atoms with Crippen LogP contribution in [-0.4, -0.2) is 47.9 Å². The molecular formula is C25H28ClN3O4. The van der Waals surface area contributed by atoms with Crippen LogP contribution in [0.15, 0.2) is 42.5 Å². The number of methoxy groups -OCH3 is 1. The molecule has 2 N–H and O–H groups in total. The lowest BCUT2D eigenvalue weighted by atomic mass is 9.84. The van der Waals surface area contributed by atoms with Crippen LogP contribution in [0.1, 0.15) is 48.0 Å². The van der Waals surface area contributed by atoms with Crippen molar-refractivity contribution in [3.05, 3.63) is 58.6 Å². The molecule has 2 fully saturated rings. The number of nitrogens with zero attached hydrogens (tertiary/aromatic N) is 1. The number of ether oxygens (including phenoxy) is 1. The number of carbonyl (C=O) groups excluding carboxylic acids is 3. The number of aryl methyl sites for hydroxylation is 1. The van der Waals surface area contributed by atoms with E-state index in [2.05, 4.69) is 10.6 Å². The number of nitrogens with one attached hydrogen (secondary N) is 2. The molecule has 1 saturated carbocycles. The highest BCUT2D eigenvalue weighted by molar-refractivity contribution is 6.31. The average Bonchev–Trinajstić information content (AvgIpc) is 2.80. The van der Waals surface area contributed by atoms with Gasteiger partial charge < -0.3 is 20.3 Å². The lowest BCUT2D eigenvalue weighted by molar-refractivity contribution is -0.135. The molecule has 4 rings (SSSR count). The van der Waals surface area contributed by atoms with E-state index in [4.69, 9.17) is 16.3 Å². The second-order valence-corrected chi connectivity index (χ2v) is 9.09. The molecule has 0 aromatic heterocycles. The van der Waals surface area contributed by atoms with E-state index in [0.29, 0.717) is 22.0 Å². The third-order valence-corrected chi connectivity index (χ3v) is 6.64. The van der Waals surface area contributed by atoms with Crippen molar-refractivity contribution in [3.8, 4) is 5.75 Å². The molecule has 2 aliphatic rings. The molecule has 2 aromatic rings. The first kappa shape index (κ1) is 23.1. The van der Waals surface area contributed by atoms with Gasteiger partial charge in [0.1, 0.15) is 11.8 Å². The zero-order valence-corrected chi connectivity index (χ0v) is 19.5. The first-order valence-corrected chi connectivity index (χ1v) is 11.6. The SMILES string of the molecule is COc1ccc(Cl)cc1NC(=O)C[C@@H]1C(=O)N[C@@H]2CCCC[C@@H]2N1C(=O)c1ccc(C)cc1. The highest BCUT2D eigenvalue weighted by atomic mass is 35.5. The first-order chi connectivity index (χ1) is 15.9. The van der Waals surface area contributed by atoms with Gasteiger partial charge in [-0.1, -0.05) is 42.1 Å². The molecule has 174 valence electrons. The Kier molecular flexibility index (Phi) is 6.88. The lowest BCUT2D eigenvalue weighted by Crippen LogP contribution is -2.68. The Hall–Kier alpha value is -3.06. The van der Waals surface area contributed by atoms with Gasteiger partial charge in [0, 0.05) is 16.6 Å². The molecule has 0 unspecified atom stereocenters. The number of fused-ring (bicyclic) bond motifs is 1. The van der Waals surface area contributed by atoms with Gasteiger partial charge in [0.2, 0.25) is 11.8 Å². The summed E-state index contributed by atoms with van der Waals surface area (Å²) in [4.78, 5) is 41.3. The fourth-order valence-corrected chi connectivity index (χ4v) is 4.90. The molecule has 33 heavy (non-hydrogen) atoms. The Bertz CT molecular complexity index is 1060. The molecule has 0 bridgehead atoms. The molecule has 1 saturated heterocycles. The van der Waals surface area contributed by atoms with E-state index in [1.165, 1.54) is 7.11 Å². The van der Waals surface area contributed by atoms with Crippen molar-refractivity contribution in [1.29, 1.82) is 0 Å². The number of halogens is 1. The smallest absolute Gasteiger partial charge is 0.254 e. The molecule has 3 amide bonds. The summed E-state index contributed by atoms with van der Waals surface area (Å²) in [5, 5.41) is 6.29. The zero-order valence-electron chi connectivity index (χ0n) is 18.8. The average molecular weight is 470 g/mol. The van der Waals surface area contributed by atoms with Crippen LogP contribution in [0.3, 0.4) is 0 Å². The standard InChI is InChI=1S/C25H28ClN3O4/c1-15-7-9-16(10-8-15)25(32)29-20-6-4-3-5-18(20)28-24(31)21(29)14-23(30)27-19-13-17(26)11-12-22(19)33-2/h7-13,18,20-21H,3-6,14H2,1-2H3,(H,27,30)(H,28,31)/t18-,20+,21-/m1/s1. The Morgan fingerprint density at radius 3 is 2.61 bits per heavy atom. The Labute approximate surface area is 198 Å². The van der Waals surface area contributed by atoms with Gasteiger partial charge in [0.25, 0.3) is 5.91 Å². The van der Waals surface area contributed by atoms with Crippen LogP contribution in [0.25, 0.3) is 0 Å². The number of hydrogen-bond donors (Lipinski definition) is 2. The van der Waals surface area contributed by atoms with Crippen molar-refractivity contribution in [2.75, 3.05) is 12.4 Å². The number of benzene rings is 2. The van der Waals surface area contributed by atoms with Crippen molar-refractivity contribution in [2.24, 2.45) is 0 Å². The molecule has 7 nitrogen and oxygen atoms in total. The van der Waals surface area contributed by atoms with Gasteiger partial charge in [-0.25, -0.2) is 0 Å². The van der Waals surface area contributed by atoms with Crippen molar-refractivity contribution >= 4 is 35.0 Å². The van der Waals surface area contributed by atoms with Gasteiger partial charge in [0.05, 0.1) is 25.3 Å². The lowest BCUT2D eigenvalue weighted by Gasteiger charge is -2.48. The maximum Gasteiger partial charge on any atom is 0.254 e. The van der Waals surface area contributed by atoms with E-state index in [1.807, 2.05) is 19.1 Å². The van der Waals surface area contributed by atoms with Crippen molar-refractivity contribution < 1.29 is 19.1 Å². The van der Waals surface area contributed by atoms with Gasteiger partial charge in [-0.15, -0.1) is 0 Å². The third-order valence-electron chi connectivity index (χ3n) is 6.40. The Balaban J connectivity index is 1.60. The number of carbonyl (C=O) groups is 3. The highest BCUT2D eigenvalue weighted by Gasteiger charge is 2.46. The molecule has 8 heteroatoms. The van der Waals surface area contributed by atoms with E-state index in [0.717, 1.165) is 31.2 Å². The minimum atomic E-state index is -0.900. The monoisotopic (exact) mass is 469 g/mol. The van der Waals surface area contributed by atoms with Crippen LogP contribution in [0, 0.1) is 6.92 Å². The van der Waals surface area contributed by atoms with Crippen LogP contribution in [0.4, 0.5) is 5.69 Å². The quantitative estimate of drug-likeness (QED) is 0.694. The molecule has 1 heterocycles. The Morgan fingerprint density at radius 1 is 1.15 bits per heavy atom. The summed E-state index contributed by atoms with van der Waals surface area (Å²) >= 11 is 6.07. The minimum Gasteiger partial charge on any atom is -0.495 e. The number of amides is 3. The van der Waals surface area contributed by atoms with Gasteiger partial charge in [-0.2, -0.15) is 0 Å². The molecule has 2 aromatic carbocycles. The topological polar surface area (TPSA) is 87.7 Å². The van der Waals surface area contributed by atoms with E-state index in [9.17, 15) is 14.4 Å². The summed E-state index contributed by atoms with van der Waals surface area (Å²) in [6.07, 6.45) is 3.44. The fourth-order valence-electron chi connectivity index (χ4n) is 4.73. The van der Waals surface area contributed by atoms with Gasteiger partial charge in [0.15, 0.2) is 0 Å². The van der Waals surface area contributed by atoms with Crippen LogP contribution >= 0.6 is 11.6 Å². The summed E-state index contributed by atoms with van der Waals surface area (Å²) < 4.78 is 5.29. The predicted octanol–water partition coefficient (Wildman–Crippen LogP) is 3.94. The van der Waals surface area contributed by atoms with Crippen LogP contribution in [0.2, 0.25) is 5.02 Å². The van der Waals surface area contributed by atoms with Crippen LogP contribution in [-0.2, 0) is 9.59 Å². The number of piperazine rings is 1. The summed E-state index contributed by atoms with van der Waals surface area (Å²) in [6, 6.07) is 11.1. The summed E-state index contributed by atoms with van der Waals surface area (Å²) in [6.45, 7) is 1.96. The van der Waals surface area contributed by atoms with E-state index >= 15 is 0 Å². The first-order valence-electron chi connectivity index (χ1n) is 11.2. The highest BCUT2D eigenvalue weighted by Crippen LogP contribution is 2.32. The maximum absolute atomic E-state index is 13.6. The second-order valence-electron chi connectivity index (χ2n) is 8.66. The molecule has 0 radical (unpaired) electrons. The normalized spacial score (nSPS) is 22.2. The van der Waals surface area contributed by atoms with Crippen molar-refractivity contribution in [3.63, 3.8) is 0 Å². The maximum atomic E-state index is 13.6.